The number of amides is 1. The molecule has 3 aliphatic carbocycles. The Balaban J connectivity index is 1.45. The third-order valence-electron chi connectivity index (χ3n) is 10.1. The maximum Gasteiger partial charge on any atom is 0.332 e. The number of ketones is 3. The van der Waals surface area contributed by atoms with Gasteiger partial charge in [-0.3, -0.25) is 19.2 Å². The molecular formula is C35H37NO14. The largest absolute Gasteiger partial charge is 0.507 e. The molecule has 6 atom stereocenters. The molecule has 0 aromatic heterocycles. The van der Waals surface area contributed by atoms with E-state index in [0.29, 0.717) is 12.8 Å². The molecule has 1 saturated heterocycles. The topological polar surface area (TPSA) is 246 Å². The van der Waals surface area contributed by atoms with Crippen LogP contribution in [0.4, 0.5) is 0 Å². The number of aliphatic hydroxyl groups is 3. The van der Waals surface area contributed by atoms with Crippen molar-refractivity contribution in [3.8, 4) is 17.2 Å². The van der Waals surface area contributed by atoms with Crippen LogP contribution >= 0.6 is 0 Å². The van der Waals surface area contributed by atoms with Gasteiger partial charge in [-0.2, -0.15) is 0 Å². The molecule has 0 saturated carbocycles. The molecular weight excluding hydrogens is 658 g/mol. The lowest BCUT2D eigenvalue weighted by atomic mass is 9.71. The second-order valence-electron chi connectivity index (χ2n) is 13.0. The zero-order valence-corrected chi connectivity index (χ0v) is 27.2. The van der Waals surface area contributed by atoms with Gasteiger partial charge in [0.1, 0.15) is 41.7 Å². The Kier molecular flexibility index (Phi) is 9.30. The van der Waals surface area contributed by atoms with Crippen molar-refractivity contribution in [2.24, 2.45) is 0 Å². The summed E-state index contributed by atoms with van der Waals surface area (Å²) in [6, 6.07) is 3.02. The van der Waals surface area contributed by atoms with Crippen molar-refractivity contribution < 1.29 is 68.8 Å². The van der Waals surface area contributed by atoms with Crippen LogP contribution in [0.2, 0.25) is 0 Å². The molecule has 1 aliphatic heterocycles. The molecule has 2 aromatic rings. The van der Waals surface area contributed by atoms with Crippen LogP contribution in [0.25, 0.3) is 0 Å². The summed E-state index contributed by atoms with van der Waals surface area (Å²) < 4.78 is 17.3. The number of aromatic hydroxyl groups is 2. The summed E-state index contributed by atoms with van der Waals surface area (Å²) in [6.07, 6.45) is -4.78. The summed E-state index contributed by atoms with van der Waals surface area (Å²) in [5, 5.41) is 68.2. The van der Waals surface area contributed by atoms with Crippen LogP contribution < -0.4 is 10.1 Å². The van der Waals surface area contributed by atoms with Crippen molar-refractivity contribution in [1.29, 1.82) is 0 Å². The number of carbonyl (C=O) groups is 5. The van der Waals surface area contributed by atoms with E-state index in [1.807, 2.05) is 0 Å². The predicted molar refractivity (Wildman–Crippen MR) is 169 cm³/mol. The first-order valence-corrected chi connectivity index (χ1v) is 16.2. The van der Waals surface area contributed by atoms with E-state index in [-0.39, 0.29) is 58.6 Å². The standard InChI is InChI=1S/C35H37NO14/c1-14-28(39)27(36-33(44)15-6-3-4-7-16(15)34(45)46)21(13-49-14)50-20-11-35(47,22(38)12-37)10-18-24(20)32(43)26-25(30(18)41)29(40)17-8-5-9-19(48-2)23(17)31(26)42/h5,8-9,14,20-21,27-28,37,39,41,43,47H,3-4,6-7,10-13H2,1-2H3,(H,36,44)(H,45,46). The van der Waals surface area contributed by atoms with Crippen LogP contribution in [-0.2, 0) is 30.3 Å². The fourth-order valence-corrected chi connectivity index (χ4v) is 7.50. The third kappa shape index (κ3) is 5.64. The number of fused-ring (bicyclic) bond motifs is 3. The highest BCUT2D eigenvalue weighted by molar-refractivity contribution is 6.31. The second kappa shape index (κ2) is 13.2. The minimum absolute atomic E-state index is 0.0407. The van der Waals surface area contributed by atoms with Crippen LogP contribution in [0.15, 0.2) is 29.3 Å². The minimum atomic E-state index is -2.39. The first-order chi connectivity index (χ1) is 23.7. The summed E-state index contributed by atoms with van der Waals surface area (Å²) in [7, 11) is 1.29. The van der Waals surface area contributed by atoms with Crippen molar-refractivity contribution in [1.82, 2.24) is 5.32 Å². The molecule has 0 radical (unpaired) electrons. The summed E-state index contributed by atoms with van der Waals surface area (Å²) in [5.41, 5.74) is -4.29. The number of hydrogen-bond donors (Lipinski definition) is 7. The summed E-state index contributed by atoms with van der Waals surface area (Å²) >= 11 is 0. The third-order valence-corrected chi connectivity index (χ3v) is 10.1. The van der Waals surface area contributed by atoms with Gasteiger partial charge in [-0.25, -0.2) is 4.79 Å². The van der Waals surface area contributed by atoms with E-state index in [9.17, 15) is 54.6 Å². The maximum absolute atomic E-state index is 13.9. The molecule has 6 unspecified atom stereocenters. The van der Waals surface area contributed by atoms with Gasteiger partial charge < -0.3 is 50.2 Å². The quantitative estimate of drug-likeness (QED) is 0.161. The van der Waals surface area contributed by atoms with E-state index in [2.05, 4.69) is 5.32 Å². The van der Waals surface area contributed by atoms with Gasteiger partial charge >= 0.3 is 5.97 Å². The Hall–Kier alpha value is -4.67. The number of nitrogens with one attached hydrogen (secondary N) is 1. The molecule has 4 aliphatic rings. The number of methoxy groups -OCH3 is 1. The highest BCUT2D eigenvalue weighted by atomic mass is 16.6. The van der Waals surface area contributed by atoms with E-state index < -0.39 is 107 Å². The van der Waals surface area contributed by atoms with Gasteiger partial charge in [0.2, 0.25) is 11.7 Å². The number of aliphatic hydroxyl groups excluding tert-OH is 2. The molecule has 15 heteroatoms. The Morgan fingerprint density at radius 2 is 1.70 bits per heavy atom. The second-order valence-corrected chi connectivity index (χ2v) is 13.0. The number of phenols is 2. The van der Waals surface area contributed by atoms with Crippen LogP contribution in [0, 0.1) is 0 Å². The minimum Gasteiger partial charge on any atom is -0.507 e. The first kappa shape index (κ1) is 35.2. The molecule has 6 rings (SSSR count). The van der Waals surface area contributed by atoms with Gasteiger partial charge in [-0.15, -0.1) is 0 Å². The van der Waals surface area contributed by atoms with Gasteiger partial charge in [-0.1, -0.05) is 12.1 Å². The van der Waals surface area contributed by atoms with Crippen molar-refractivity contribution in [3.05, 3.63) is 62.7 Å². The number of carboxylic acids is 1. The fraction of sp³-hybridized carbons (Fsp3) is 0.457. The Labute approximate surface area is 285 Å². The number of hydrogen-bond acceptors (Lipinski definition) is 13. The number of carboxylic acid groups (broad SMARTS) is 1. The molecule has 15 nitrogen and oxygen atoms in total. The zero-order valence-electron chi connectivity index (χ0n) is 27.2. The number of rotatable bonds is 8. The van der Waals surface area contributed by atoms with Crippen LogP contribution in [0.5, 0.6) is 17.2 Å². The van der Waals surface area contributed by atoms with Gasteiger partial charge in [0.05, 0.1) is 48.7 Å². The number of carbonyl (C=O) groups excluding carboxylic acids is 4. The van der Waals surface area contributed by atoms with Gasteiger partial charge in [0, 0.05) is 40.7 Å². The molecule has 266 valence electrons. The summed E-state index contributed by atoms with van der Waals surface area (Å²) in [5.74, 6) is -6.23. The Morgan fingerprint density at radius 1 is 1.02 bits per heavy atom. The smallest absolute Gasteiger partial charge is 0.332 e. The van der Waals surface area contributed by atoms with Crippen molar-refractivity contribution >= 4 is 29.2 Å². The zero-order chi connectivity index (χ0) is 36.2. The molecule has 50 heavy (non-hydrogen) atoms. The first-order valence-electron chi connectivity index (χ1n) is 16.2. The average molecular weight is 696 g/mol. The van der Waals surface area contributed by atoms with E-state index in [1.165, 1.54) is 25.3 Å². The lowest BCUT2D eigenvalue weighted by Gasteiger charge is -2.44. The fourth-order valence-electron chi connectivity index (χ4n) is 7.50. The van der Waals surface area contributed by atoms with Crippen LogP contribution in [0.1, 0.15) is 88.1 Å². The molecule has 1 fully saturated rings. The number of Topliss-reactive ketones (excluding diaryl/α,β-unsaturated/α-hetero) is 1. The summed E-state index contributed by atoms with van der Waals surface area (Å²) in [6.45, 7) is 0.164. The molecule has 0 spiro atoms. The number of aliphatic carboxylic acids is 1. The van der Waals surface area contributed by atoms with Crippen molar-refractivity contribution in [2.45, 2.75) is 81.5 Å². The number of ether oxygens (including phenoxy) is 3. The Bertz CT molecular complexity index is 1850. The number of phenolic OH excluding ortho intramolecular Hbond substituents is 2. The van der Waals surface area contributed by atoms with E-state index in [0.717, 1.165) is 0 Å². The van der Waals surface area contributed by atoms with Crippen LogP contribution in [0.3, 0.4) is 0 Å². The monoisotopic (exact) mass is 695 g/mol. The van der Waals surface area contributed by atoms with E-state index in [4.69, 9.17) is 14.2 Å². The molecule has 1 heterocycles. The molecule has 7 N–H and O–H groups in total. The van der Waals surface area contributed by atoms with Gasteiger partial charge in [0.15, 0.2) is 11.6 Å². The highest BCUT2D eigenvalue weighted by Crippen LogP contribution is 2.52. The van der Waals surface area contributed by atoms with E-state index >= 15 is 0 Å². The molecule has 0 bridgehead atoms. The van der Waals surface area contributed by atoms with Crippen molar-refractivity contribution in [2.75, 3.05) is 20.3 Å². The molecule has 1 amide bonds. The average Bonchev–Trinajstić information content (AvgIpc) is 3.10. The summed E-state index contributed by atoms with van der Waals surface area (Å²) in [4.78, 5) is 65.9. The van der Waals surface area contributed by atoms with Crippen molar-refractivity contribution in [3.63, 3.8) is 0 Å². The maximum atomic E-state index is 13.9. The van der Waals surface area contributed by atoms with Gasteiger partial charge in [0.25, 0.3) is 0 Å². The van der Waals surface area contributed by atoms with Gasteiger partial charge in [-0.05, 0) is 38.7 Å². The molecule has 2 aromatic carbocycles. The Morgan fingerprint density at radius 3 is 2.36 bits per heavy atom. The predicted octanol–water partition coefficient (Wildman–Crippen LogP) is 0.766. The van der Waals surface area contributed by atoms with E-state index in [1.54, 1.807) is 6.92 Å². The normalized spacial score (nSPS) is 27.6. The lowest BCUT2D eigenvalue weighted by Crippen LogP contribution is -2.61. The SMILES string of the molecule is COc1cccc2c1C(=O)c1c(O)c3c(c(O)c1C2=O)CC(O)(C(=O)CO)CC3OC1COC(C)C(O)C1NC(=O)C1=C(C(=O)O)CCCC1. The van der Waals surface area contributed by atoms with Crippen LogP contribution in [-0.4, -0.2) is 110 Å². The lowest BCUT2D eigenvalue weighted by molar-refractivity contribution is -0.183. The number of benzene rings is 2. The highest BCUT2D eigenvalue weighted by Gasteiger charge is 2.51.